The van der Waals surface area contributed by atoms with Crippen LogP contribution in [0, 0.1) is 13.8 Å². The Kier molecular flexibility index (Phi) is 3.91. The van der Waals surface area contributed by atoms with Gasteiger partial charge in [-0.25, -0.2) is 0 Å². The molecule has 3 heteroatoms. The van der Waals surface area contributed by atoms with Crippen molar-refractivity contribution in [1.29, 1.82) is 0 Å². The lowest BCUT2D eigenvalue weighted by Crippen LogP contribution is -1.98. The van der Waals surface area contributed by atoms with Crippen LogP contribution >= 0.6 is 11.6 Å². The predicted octanol–water partition coefficient (Wildman–Crippen LogP) is 4.44. The van der Waals surface area contributed by atoms with Crippen molar-refractivity contribution in [2.24, 2.45) is 0 Å². The van der Waals surface area contributed by atoms with Gasteiger partial charge in [0.15, 0.2) is 6.29 Å². The average molecular weight is 275 g/mol. The van der Waals surface area contributed by atoms with Gasteiger partial charge in [-0.05, 0) is 30.5 Å². The molecule has 0 N–H and O–H groups in total. The summed E-state index contributed by atoms with van der Waals surface area (Å²) < 4.78 is 5.42. The van der Waals surface area contributed by atoms with Crippen molar-refractivity contribution in [3.05, 3.63) is 52.0 Å². The number of carbonyl (C=O) groups is 1. The van der Waals surface area contributed by atoms with E-state index in [1.165, 1.54) is 0 Å². The number of methoxy groups -OCH3 is 1. The van der Waals surface area contributed by atoms with Gasteiger partial charge in [0.2, 0.25) is 0 Å². The van der Waals surface area contributed by atoms with Gasteiger partial charge < -0.3 is 4.74 Å². The lowest BCUT2D eigenvalue weighted by molar-refractivity contribution is 0.112. The molecule has 0 aliphatic carbocycles. The van der Waals surface area contributed by atoms with Crippen molar-refractivity contribution in [2.45, 2.75) is 13.8 Å². The molecule has 0 atom stereocenters. The molecule has 0 unspecified atom stereocenters. The molecule has 0 heterocycles. The standard InChI is InChI=1S/C16H15ClO2/c1-10-6-4-5-7-12(10)16-11(2)13(9-18)14(17)8-15(16)19-3/h4-9H,1-3H3. The fourth-order valence-corrected chi connectivity index (χ4v) is 2.54. The first-order valence-corrected chi connectivity index (χ1v) is 6.36. The second-order valence-electron chi connectivity index (χ2n) is 4.41. The molecule has 0 aliphatic rings. The molecular weight excluding hydrogens is 260 g/mol. The predicted molar refractivity (Wildman–Crippen MR) is 78.3 cm³/mol. The number of halogens is 1. The molecule has 2 aromatic rings. The summed E-state index contributed by atoms with van der Waals surface area (Å²) in [7, 11) is 1.60. The Morgan fingerprint density at radius 3 is 2.47 bits per heavy atom. The van der Waals surface area contributed by atoms with E-state index >= 15 is 0 Å². The fourth-order valence-electron chi connectivity index (χ4n) is 2.26. The van der Waals surface area contributed by atoms with E-state index in [-0.39, 0.29) is 0 Å². The monoisotopic (exact) mass is 274 g/mol. The van der Waals surface area contributed by atoms with Crippen LogP contribution in [0.15, 0.2) is 30.3 Å². The van der Waals surface area contributed by atoms with Crippen LogP contribution in [0.3, 0.4) is 0 Å². The van der Waals surface area contributed by atoms with Gasteiger partial charge in [0.05, 0.1) is 12.1 Å². The molecular formula is C16H15ClO2. The first-order valence-electron chi connectivity index (χ1n) is 5.98. The minimum absolute atomic E-state index is 0.418. The summed E-state index contributed by atoms with van der Waals surface area (Å²) in [5.41, 5.74) is 4.46. The third-order valence-corrected chi connectivity index (χ3v) is 3.61. The summed E-state index contributed by atoms with van der Waals surface area (Å²) in [5, 5.41) is 0.418. The van der Waals surface area contributed by atoms with Gasteiger partial charge in [0.1, 0.15) is 5.75 Å². The number of benzene rings is 2. The molecule has 98 valence electrons. The van der Waals surface area contributed by atoms with Crippen molar-refractivity contribution in [3.8, 4) is 16.9 Å². The summed E-state index contributed by atoms with van der Waals surface area (Å²) >= 11 is 6.10. The summed E-state index contributed by atoms with van der Waals surface area (Å²) in [4.78, 5) is 11.2. The summed E-state index contributed by atoms with van der Waals surface area (Å²) in [5.74, 6) is 0.683. The smallest absolute Gasteiger partial charge is 0.151 e. The van der Waals surface area contributed by atoms with Crippen LogP contribution in [-0.4, -0.2) is 13.4 Å². The van der Waals surface area contributed by atoms with Crippen molar-refractivity contribution < 1.29 is 9.53 Å². The van der Waals surface area contributed by atoms with E-state index in [2.05, 4.69) is 0 Å². The normalized spacial score (nSPS) is 10.3. The SMILES string of the molecule is COc1cc(Cl)c(C=O)c(C)c1-c1ccccc1C. The molecule has 0 saturated carbocycles. The van der Waals surface area contributed by atoms with Gasteiger partial charge in [-0.15, -0.1) is 0 Å². The lowest BCUT2D eigenvalue weighted by atomic mass is 9.93. The topological polar surface area (TPSA) is 26.3 Å². The van der Waals surface area contributed by atoms with Gasteiger partial charge in [0, 0.05) is 17.2 Å². The van der Waals surface area contributed by atoms with Crippen molar-refractivity contribution in [3.63, 3.8) is 0 Å². The van der Waals surface area contributed by atoms with Gasteiger partial charge in [-0.1, -0.05) is 35.9 Å². The van der Waals surface area contributed by atoms with Crippen LogP contribution < -0.4 is 4.74 Å². The van der Waals surface area contributed by atoms with Gasteiger partial charge in [0.25, 0.3) is 0 Å². The Morgan fingerprint density at radius 1 is 1.21 bits per heavy atom. The van der Waals surface area contributed by atoms with E-state index in [1.54, 1.807) is 13.2 Å². The molecule has 2 rings (SSSR count). The van der Waals surface area contributed by atoms with Crippen LogP contribution in [0.4, 0.5) is 0 Å². The Hall–Kier alpha value is -1.80. The van der Waals surface area contributed by atoms with Crippen LogP contribution in [0.2, 0.25) is 5.02 Å². The first-order chi connectivity index (χ1) is 9.10. The van der Waals surface area contributed by atoms with Crippen LogP contribution in [0.25, 0.3) is 11.1 Å². The maximum Gasteiger partial charge on any atom is 0.151 e. The molecule has 19 heavy (non-hydrogen) atoms. The first kappa shape index (κ1) is 13.6. The zero-order chi connectivity index (χ0) is 14.0. The Morgan fingerprint density at radius 2 is 1.89 bits per heavy atom. The molecule has 2 nitrogen and oxygen atoms in total. The van der Waals surface area contributed by atoms with Crippen molar-refractivity contribution in [2.75, 3.05) is 7.11 Å². The van der Waals surface area contributed by atoms with Gasteiger partial charge in [-0.3, -0.25) is 4.79 Å². The van der Waals surface area contributed by atoms with Crippen molar-refractivity contribution >= 4 is 17.9 Å². The number of hydrogen-bond donors (Lipinski definition) is 0. The second kappa shape index (κ2) is 5.45. The van der Waals surface area contributed by atoms with Crippen LogP contribution in [0.5, 0.6) is 5.75 Å². The number of aldehydes is 1. The molecule has 0 fully saturated rings. The zero-order valence-corrected chi connectivity index (χ0v) is 11.9. The van der Waals surface area contributed by atoms with Crippen LogP contribution in [0.1, 0.15) is 21.5 Å². The quantitative estimate of drug-likeness (QED) is 0.773. The van der Waals surface area contributed by atoms with Gasteiger partial charge in [-0.2, -0.15) is 0 Å². The zero-order valence-electron chi connectivity index (χ0n) is 11.2. The molecule has 0 spiro atoms. The Bertz CT molecular complexity index is 633. The molecule has 0 aliphatic heterocycles. The number of carbonyl (C=O) groups excluding carboxylic acids is 1. The highest BCUT2D eigenvalue weighted by molar-refractivity contribution is 6.33. The number of ether oxygens (including phenoxy) is 1. The van der Waals surface area contributed by atoms with E-state index in [4.69, 9.17) is 16.3 Å². The second-order valence-corrected chi connectivity index (χ2v) is 4.81. The minimum atomic E-state index is 0.418. The summed E-state index contributed by atoms with van der Waals surface area (Å²) in [6.07, 6.45) is 0.791. The highest BCUT2D eigenvalue weighted by Gasteiger charge is 2.17. The highest BCUT2D eigenvalue weighted by atomic mass is 35.5. The average Bonchev–Trinajstić information content (AvgIpc) is 2.40. The Balaban J connectivity index is 2.82. The van der Waals surface area contributed by atoms with Crippen LogP contribution in [-0.2, 0) is 0 Å². The number of hydrogen-bond acceptors (Lipinski definition) is 2. The molecule has 0 aromatic heterocycles. The van der Waals surface area contributed by atoms with Crippen molar-refractivity contribution in [1.82, 2.24) is 0 Å². The molecule has 0 radical (unpaired) electrons. The van der Waals surface area contributed by atoms with E-state index in [0.29, 0.717) is 16.3 Å². The fraction of sp³-hybridized carbons (Fsp3) is 0.188. The summed E-state index contributed by atoms with van der Waals surface area (Å²) in [6.45, 7) is 3.92. The molecule has 0 amide bonds. The number of aryl methyl sites for hydroxylation is 1. The molecule has 0 saturated heterocycles. The molecule has 2 aromatic carbocycles. The molecule has 0 bridgehead atoms. The van der Waals surface area contributed by atoms with E-state index < -0.39 is 0 Å². The maximum absolute atomic E-state index is 11.2. The minimum Gasteiger partial charge on any atom is -0.496 e. The third kappa shape index (κ3) is 2.36. The Labute approximate surface area is 118 Å². The van der Waals surface area contributed by atoms with E-state index in [9.17, 15) is 4.79 Å². The van der Waals surface area contributed by atoms with Gasteiger partial charge >= 0.3 is 0 Å². The lowest BCUT2D eigenvalue weighted by Gasteiger charge is -2.16. The maximum atomic E-state index is 11.2. The summed E-state index contributed by atoms with van der Waals surface area (Å²) in [6, 6.07) is 9.69. The number of rotatable bonds is 3. The van der Waals surface area contributed by atoms with E-state index in [0.717, 1.165) is 28.5 Å². The third-order valence-electron chi connectivity index (χ3n) is 3.29. The largest absolute Gasteiger partial charge is 0.496 e. The van der Waals surface area contributed by atoms with E-state index in [1.807, 2.05) is 38.1 Å². The highest BCUT2D eigenvalue weighted by Crippen LogP contribution is 2.39.